The van der Waals surface area contributed by atoms with Gasteiger partial charge in [0, 0.05) is 18.0 Å². The van der Waals surface area contributed by atoms with Crippen LogP contribution in [0.3, 0.4) is 0 Å². The molecule has 0 amide bonds. The maximum Gasteiger partial charge on any atom is 0.191 e. The maximum absolute atomic E-state index is 4.96. The largest absolute Gasteiger partial charge is 0.357 e. The first-order chi connectivity index (χ1) is 13.3. The molecule has 2 saturated heterocycles. The lowest BCUT2D eigenvalue weighted by molar-refractivity contribution is 0.213. The Kier molecular flexibility index (Phi) is 11.1. The van der Waals surface area contributed by atoms with Gasteiger partial charge in [0.15, 0.2) is 5.96 Å². The highest BCUT2D eigenvalue weighted by Gasteiger charge is 2.24. The zero-order valence-electron chi connectivity index (χ0n) is 17.5. The van der Waals surface area contributed by atoms with Gasteiger partial charge in [-0.25, -0.2) is 0 Å². The van der Waals surface area contributed by atoms with Crippen molar-refractivity contribution < 1.29 is 0 Å². The van der Waals surface area contributed by atoms with Gasteiger partial charge in [-0.2, -0.15) is 0 Å². The molecule has 7 heteroatoms. The minimum Gasteiger partial charge on any atom is -0.357 e. The van der Waals surface area contributed by atoms with Crippen LogP contribution in [0.2, 0.25) is 0 Å². The Morgan fingerprint density at radius 1 is 1.21 bits per heavy atom. The van der Waals surface area contributed by atoms with E-state index < -0.39 is 0 Å². The molecule has 2 N–H and O–H groups in total. The van der Waals surface area contributed by atoms with Crippen molar-refractivity contribution in [2.45, 2.75) is 45.1 Å². The number of nitrogens with zero attached hydrogens (tertiary/aromatic N) is 3. The monoisotopic (exact) mass is 519 g/mol. The second-order valence-electron chi connectivity index (χ2n) is 7.96. The van der Waals surface area contributed by atoms with Crippen LogP contribution in [0.5, 0.6) is 0 Å². The van der Waals surface area contributed by atoms with E-state index in [0.29, 0.717) is 6.04 Å². The summed E-state index contributed by atoms with van der Waals surface area (Å²) in [5.74, 6) is 1.84. The summed E-state index contributed by atoms with van der Waals surface area (Å²) in [5, 5.41) is 9.20. The number of likely N-dealkylation sites (tertiary alicyclic amines) is 2. The second kappa shape index (κ2) is 13.0. The molecule has 3 heterocycles. The zero-order valence-corrected chi connectivity index (χ0v) is 20.7. The molecule has 2 fully saturated rings. The topological polar surface area (TPSA) is 42.9 Å². The van der Waals surface area contributed by atoms with Gasteiger partial charge in [-0.3, -0.25) is 9.89 Å². The molecule has 0 spiro atoms. The number of piperidine rings is 1. The number of thiophene rings is 1. The normalized spacial score (nSPS) is 20.7. The van der Waals surface area contributed by atoms with E-state index in [1.165, 1.54) is 63.2 Å². The van der Waals surface area contributed by atoms with Crippen LogP contribution in [0, 0.1) is 5.92 Å². The van der Waals surface area contributed by atoms with E-state index in [4.69, 9.17) is 4.99 Å². The second-order valence-corrected chi connectivity index (χ2v) is 8.94. The van der Waals surface area contributed by atoms with Crippen LogP contribution >= 0.6 is 35.3 Å². The molecule has 0 aliphatic carbocycles. The van der Waals surface area contributed by atoms with Gasteiger partial charge in [0.25, 0.3) is 0 Å². The Bertz CT molecular complexity index is 551. The molecule has 2 aliphatic rings. The van der Waals surface area contributed by atoms with Crippen molar-refractivity contribution >= 4 is 41.3 Å². The van der Waals surface area contributed by atoms with E-state index in [9.17, 15) is 0 Å². The highest BCUT2D eigenvalue weighted by Crippen LogP contribution is 2.28. The standard InChI is InChI=1S/C21H37N5S.HI/c1-3-22-21(23-11-8-18-9-14-25(2)15-10-18)24-17-19(20-7-6-16-27-20)26-12-4-5-13-26;/h6-7,16,18-19H,3-5,8-15,17H2,1-2H3,(H2,22,23,24);1H. The van der Waals surface area contributed by atoms with Crippen LogP contribution < -0.4 is 10.6 Å². The van der Waals surface area contributed by atoms with Crippen molar-refractivity contribution in [3.05, 3.63) is 22.4 Å². The molecular formula is C21H38IN5S. The molecule has 1 atom stereocenters. The molecule has 0 radical (unpaired) electrons. The van der Waals surface area contributed by atoms with Gasteiger partial charge < -0.3 is 15.5 Å². The Morgan fingerprint density at radius 3 is 2.61 bits per heavy atom. The van der Waals surface area contributed by atoms with Gasteiger partial charge in [0.05, 0.1) is 12.6 Å². The Labute approximate surface area is 192 Å². The summed E-state index contributed by atoms with van der Waals surface area (Å²) in [4.78, 5) is 11.5. The third-order valence-electron chi connectivity index (χ3n) is 5.90. The van der Waals surface area contributed by atoms with Crippen LogP contribution in [0.25, 0.3) is 0 Å². The van der Waals surface area contributed by atoms with Gasteiger partial charge >= 0.3 is 0 Å². The summed E-state index contributed by atoms with van der Waals surface area (Å²) in [6.07, 6.45) is 6.56. The van der Waals surface area contributed by atoms with Crippen LogP contribution in [-0.2, 0) is 0 Å². The van der Waals surface area contributed by atoms with Crippen molar-refractivity contribution in [2.75, 3.05) is 52.9 Å². The first-order valence-electron chi connectivity index (χ1n) is 10.7. The van der Waals surface area contributed by atoms with E-state index >= 15 is 0 Å². The van der Waals surface area contributed by atoms with E-state index in [2.05, 4.69) is 51.9 Å². The van der Waals surface area contributed by atoms with Gasteiger partial charge in [0.2, 0.25) is 0 Å². The van der Waals surface area contributed by atoms with Crippen LogP contribution in [0.15, 0.2) is 22.5 Å². The molecular weight excluding hydrogens is 481 g/mol. The molecule has 0 saturated carbocycles. The molecule has 0 aromatic carbocycles. The average molecular weight is 520 g/mol. The van der Waals surface area contributed by atoms with E-state index in [1.54, 1.807) is 0 Å². The zero-order chi connectivity index (χ0) is 18.9. The SMILES string of the molecule is CCNC(=NCC(c1cccs1)N1CCCC1)NCCC1CCN(C)CC1.I. The van der Waals surface area contributed by atoms with Gasteiger partial charge in [-0.1, -0.05) is 6.07 Å². The van der Waals surface area contributed by atoms with Gasteiger partial charge in [-0.05, 0) is 89.6 Å². The van der Waals surface area contributed by atoms with E-state index in [-0.39, 0.29) is 24.0 Å². The third kappa shape index (κ3) is 7.46. The molecule has 0 bridgehead atoms. The molecule has 2 aliphatic heterocycles. The minimum atomic E-state index is 0. The molecule has 5 nitrogen and oxygen atoms in total. The number of hydrogen-bond acceptors (Lipinski definition) is 4. The van der Waals surface area contributed by atoms with E-state index in [1.807, 2.05) is 11.3 Å². The fourth-order valence-corrected chi connectivity index (χ4v) is 5.04. The molecule has 1 unspecified atom stereocenters. The number of hydrogen-bond donors (Lipinski definition) is 2. The predicted molar refractivity (Wildman–Crippen MR) is 132 cm³/mol. The fraction of sp³-hybridized carbons (Fsp3) is 0.762. The van der Waals surface area contributed by atoms with E-state index in [0.717, 1.165) is 31.5 Å². The predicted octanol–water partition coefficient (Wildman–Crippen LogP) is 3.79. The van der Waals surface area contributed by atoms with Crippen LogP contribution in [-0.4, -0.2) is 68.6 Å². The quantitative estimate of drug-likeness (QED) is 0.312. The number of nitrogens with one attached hydrogen (secondary N) is 2. The van der Waals surface area contributed by atoms with Crippen LogP contribution in [0.1, 0.15) is 49.9 Å². The average Bonchev–Trinajstić information content (AvgIpc) is 3.38. The molecule has 28 heavy (non-hydrogen) atoms. The summed E-state index contributed by atoms with van der Waals surface area (Å²) in [5.41, 5.74) is 0. The number of aliphatic imine (C=N–C) groups is 1. The molecule has 1 aromatic heterocycles. The van der Waals surface area contributed by atoms with Crippen molar-refractivity contribution in [1.29, 1.82) is 0 Å². The Hall–Kier alpha value is -0.380. The highest BCUT2D eigenvalue weighted by molar-refractivity contribution is 14.0. The maximum atomic E-state index is 4.96. The van der Waals surface area contributed by atoms with Crippen molar-refractivity contribution in [1.82, 2.24) is 20.4 Å². The van der Waals surface area contributed by atoms with Crippen LogP contribution in [0.4, 0.5) is 0 Å². The summed E-state index contributed by atoms with van der Waals surface area (Å²) < 4.78 is 0. The molecule has 3 rings (SSSR count). The van der Waals surface area contributed by atoms with Gasteiger partial charge in [0.1, 0.15) is 0 Å². The highest BCUT2D eigenvalue weighted by atomic mass is 127. The summed E-state index contributed by atoms with van der Waals surface area (Å²) in [6.45, 7) is 9.82. The smallest absolute Gasteiger partial charge is 0.191 e. The first-order valence-corrected chi connectivity index (χ1v) is 11.6. The number of rotatable bonds is 8. The van der Waals surface area contributed by atoms with Crippen molar-refractivity contribution in [2.24, 2.45) is 10.9 Å². The van der Waals surface area contributed by atoms with Crippen molar-refractivity contribution in [3.63, 3.8) is 0 Å². The Balaban J connectivity index is 0.00000280. The number of guanidine groups is 1. The summed E-state index contributed by atoms with van der Waals surface area (Å²) in [7, 11) is 2.23. The van der Waals surface area contributed by atoms with Crippen molar-refractivity contribution in [3.8, 4) is 0 Å². The fourth-order valence-electron chi connectivity index (χ4n) is 4.18. The Morgan fingerprint density at radius 2 is 1.96 bits per heavy atom. The number of halogens is 1. The summed E-state index contributed by atoms with van der Waals surface area (Å²) >= 11 is 1.86. The lowest BCUT2D eigenvalue weighted by atomic mass is 9.94. The molecule has 160 valence electrons. The summed E-state index contributed by atoms with van der Waals surface area (Å²) in [6, 6.07) is 4.86. The lowest BCUT2D eigenvalue weighted by Gasteiger charge is -2.29. The third-order valence-corrected chi connectivity index (χ3v) is 6.88. The molecule has 1 aromatic rings. The van der Waals surface area contributed by atoms with Gasteiger partial charge in [-0.15, -0.1) is 35.3 Å². The lowest BCUT2D eigenvalue weighted by Crippen LogP contribution is -2.40. The first kappa shape index (κ1) is 23.9. The minimum absolute atomic E-state index is 0.